The van der Waals surface area contributed by atoms with Crippen LogP contribution in [0.3, 0.4) is 0 Å². The van der Waals surface area contributed by atoms with Gasteiger partial charge >= 0.3 is 0 Å². The van der Waals surface area contributed by atoms with Gasteiger partial charge in [0.2, 0.25) is 0 Å². The van der Waals surface area contributed by atoms with Crippen molar-refractivity contribution >= 4 is 0 Å². The monoisotopic (exact) mass is 536 g/mol. The molecule has 3 aromatic rings. The van der Waals surface area contributed by atoms with Gasteiger partial charge in [0.25, 0.3) is 0 Å². The molecule has 0 unspecified atom stereocenters. The molecule has 208 valence electrons. The van der Waals surface area contributed by atoms with Gasteiger partial charge in [0.1, 0.15) is 18.3 Å². The Morgan fingerprint density at radius 2 is 1.13 bits per heavy atom. The van der Waals surface area contributed by atoms with E-state index >= 15 is 0 Å². The van der Waals surface area contributed by atoms with Gasteiger partial charge in [-0.25, -0.2) is 0 Å². The van der Waals surface area contributed by atoms with E-state index in [1.165, 1.54) is 0 Å². The van der Waals surface area contributed by atoms with E-state index in [1.54, 1.807) is 6.92 Å². The first-order valence-electron chi connectivity index (χ1n) is 13.2. The van der Waals surface area contributed by atoms with E-state index < -0.39 is 35.3 Å². The summed E-state index contributed by atoms with van der Waals surface area (Å²) in [5, 5.41) is 34.5. The van der Waals surface area contributed by atoms with Crippen LogP contribution in [0.5, 0.6) is 0 Å². The minimum Gasteiger partial charge on any atom is -0.387 e. The second-order valence-corrected chi connectivity index (χ2v) is 10.4. The summed E-state index contributed by atoms with van der Waals surface area (Å²) in [5.74, 6) is -1.58. The Morgan fingerprint density at radius 1 is 0.667 bits per heavy atom. The summed E-state index contributed by atoms with van der Waals surface area (Å²) in [6.07, 6.45) is -4.05. The Morgan fingerprint density at radius 3 is 1.64 bits per heavy atom. The molecule has 8 heteroatoms. The molecule has 2 aliphatic heterocycles. The van der Waals surface area contributed by atoms with Crippen LogP contribution >= 0.6 is 0 Å². The van der Waals surface area contributed by atoms with E-state index in [-0.39, 0.29) is 33.0 Å². The molecule has 2 aliphatic rings. The highest BCUT2D eigenvalue weighted by Gasteiger charge is 2.75. The molecular formula is C31H36O8. The van der Waals surface area contributed by atoms with Gasteiger partial charge in [-0.05, 0) is 23.6 Å². The fourth-order valence-corrected chi connectivity index (χ4v) is 5.40. The maximum absolute atomic E-state index is 12.1. The number of ether oxygens (including phenoxy) is 5. The Hall–Kier alpha value is -2.66. The number of hydrogen-bond donors (Lipinski definition) is 3. The van der Waals surface area contributed by atoms with E-state index in [0.717, 1.165) is 16.7 Å². The third kappa shape index (κ3) is 5.66. The van der Waals surface area contributed by atoms with Crippen LogP contribution in [0, 0.1) is 0 Å². The van der Waals surface area contributed by atoms with Crippen LogP contribution in [0.25, 0.3) is 0 Å². The Labute approximate surface area is 228 Å². The van der Waals surface area contributed by atoms with E-state index in [0.29, 0.717) is 6.61 Å². The smallest absolute Gasteiger partial charge is 0.195 e. The summed E-state index contributed by atoms with van der Waals surface area (Å²) in [4.78, 5) is 0. The summed E-state index contributed by atoms with van der Waals surface area (Å²) < 4.78 is 30.6. The third-order valence-corrected chi connectivity index (χ3v) is 7.58. The van der Waals surface area contributed by atoms with Crippen molar-refractivity contribution in [2.75, 3.05) is 19.8 Å². The molecule has 2 heterocycles. The molecule has 0 aromatic heterocycles. The van der Waals surface area contributed by atoms with Crippen molar-refractivity contribution in [1.29, 1.82) is 0 Å². The molecule has 39 heavy (non-hydrogen) atoms. The lowest BCUT2D eigenvalue weighted by atomic mass is 9.72. The number of hydrogen-bond acceptors (Lipinski definition) is 8. The van der Waals surface area contributed by atoms with E-state index in [2.05, 4.69) is 0 Å². The predicted molar refractivity (Wildman–Crippen MR) is 142 cm³/mol. The summed E-state index contributed by atoms with van der Waals surface area (Å²) >= 11 is 0. The standard InChI is InChI=1S/C31H36O8/c1-29-27(32)28(33)30(34,21-36-18-24-13-7-3-8-14-24)31(39-29,22-37-19-25-15-9-4-10-16-25)26(38-29)20-35-17-23-11-5-2-6-12-23/h2-16,26-28,32-34H,17-22H2,1H3/t26-,27-,28-,29+,30-,31+/m1/s1. The number of aliphatic hydroxyl groups is 3. The molecule has 3 aromatic carbocycles. The second-order valence-electron chi connectivity index (χ2n) is 10.4. The maximum Gasteiger partial charge on any atom is 0.195 e. The van der Waals surface area contributed by atoms with Gasteiger partial charge in [0.05, 0.1) is 39.6 Å². The van der Waals surface area contributed by atoms with Crippen LogP contribution in [0.2, 0.25) is 0 Å². The zero-order chi connectivity index (χ0) is 27.3. The quantitative estimate of drug-likeness (QED) is 0.325. The SMILES string of the molecule is C[C@]12O[C@H](COCc3ccccc3)[C@](COCc3ccccc3)(O1)[C@@](O)(COCc1ccccc1)[C@H](O)[C@H]2O. The minimum absolute atomic E-state index is 0.0274. The number of fused-ring (bicyclic) bond motifs is 2. The predicted octanol–water partition coefficient (Wildman–Crippen LogP) is 2.97. The Kier molecular flexibility index (Phi) is 8.46. The molecule has 0 saturated carbocycles. The highest BCUT2D eigenvalue weighted by atomic mass is 16.8. The van der Waals surface area contributed by atoms with Gasteiger partial charge < -0.3 is 39.0 Å². The Bertz CT molecular complexity index is 1180. The molecule has 0 amide bonds. The summed E-state index contributed by atoms with van der Waals surface area (Å²) in [6.45, 7) is 1.87. The molecule has 8 nitrogen and oxygen atoms in total. The lowest BCUT2D eigenvalue weighted by molar-refractivity contribution is -0.355. The summed E-state index contributed by atoms with van der Waals surface area (Å²) in [7, 11) is 0. The summed E-state index contributed by atoms with van der Waals surface area (Å²) in [5.41, 5.74) is -0.858. The van der Waals surface area contributed by atoms with Gasteiger partial charge in [-0.15, -0.1) is 0 Å². The average Bonchev–Trinajstić information content (AvgIpc) is 3.25. The van der Waals surface area contributed by atoms with Crippen molar-refractivity contribution in [3.05, 3.63) is 108 Å². The van der Waals surface area contributed by atoms with Crippen LogP contribution in [-0.4, -0.2) is 70.4 Å². The van der Waals surface area contributed by atoms with Crippen molar-refractivity contribution in [1.82, 2.24) is 0 Å². The highest BCUT2D eigenvalue weighted by molar-refractivity contribution is 5.22. The van der Waals surface area contributed by atoms with Crippen molar-refractivity contribution in [2.24, 2.45) is 0 Å². The van der Waals surface area contributed by atoms with Crippen molar-refractivity contribution in [2.45, 2.75) is 62.0 Å². The number of benzene rings is 3. The maximum atomic E-state index is 12.1. The lowest BCUT2D eigenvalue weighted by Crippen LogP contribution is -2.76. The molecule has 0 spiro atoms. The Balaban J connectivity index is 1.40. The first-order chi connectivity index (χ1) is 18.9. The zero-order valence-corrected chi connectivity index (χ0v) is 22.0. The number of aliphatic hydroxyl groups excluding tert-OH is 2. The topological polar surface area (TPSA) is 107 Å². The fourth-order valence-electron chi connectivity index (χ4n) is 5.40. The van der Waals surface area contributed by atoms with E-state index in [1.807, 2.05) is 91.0 Å². The molecule has 0 radical (unpaired) electrons. The molecule has 5 rings (SSSR count). The van der Waals surface area contributed by atoms with Crippen LogP contribution in [0.15, 0.2) is 91.0 Å². The van der Waals surface area contributed by atoms with Crippen LogP contribution in [-0.2, 0) is 43.5 Å². The normalized spacial score (nSPS) is 31.8. The summed E-state index contributed by atoms with van der Waals surface area (Å²) in [6, 6.07) is 28.8. The first kappa shape index (κ1) is 27.9. The largest absolute Gasteiger partial charge is 0.387 e. The molecule has 0 aliphatic carbocycles. The molecule has 2 bridgehead atoms. The van der Waals surface area contributed by atoms with Crippen LogP contribution in [0.4, 0.5) is 0 Å². The van der Waals surface area contributed by atoms with Gasteiger partial charge in [0.15, 0.2) is 17.0 Å². The highest BCUT2D eigenvalue weighted by Crippen LogP contribution is 2.52. The molecule has 2 fully saturated rings. The van der Waals surface area contributed by atoms with Gasteiger partial charge in [-0.2, -0.15) is 0 Å². The van der Waals surface area contributed by atoms with Crippen LogP contribution in [0.1, 0.15) is 23.6 Å². The molecular weight excluding hydrogens is 500 g/mol. The van der Waals surface area contributed by atoms with E-state index in [4.69, 9.17) is 23.7 Å². The molecule has 6 atom stereocenters. The molecule has 2 saturated heterocycles. The van der Waals surface area contributed by atoms with Crippen molar-refractivity contribution in [3.8, 4) is 0 Å². The third-order valence-electron chi connectivity index (χ3n) is 7.58. The van der Waals surface area contributed by atoms with Crippen molar-refractivity contribution in [3.63, 3.8) is 0 Å². The van der Waals surface area contributed by atoms with E-state index in [9.17, 15) is 15.3 Å². The lowest BCUT2D eigenvalue weighted by Gasteiger charge is -2.53. The fraction of sp³-hybridized carbons (Fsp3) is 0.419. The van der Waals surface area contributed by atoms with Gasteiger partial charge in [-0.3, -0.25) is 0 Å². The van der Waals surface area contributed by atoms with Crippen LogP contribution < -0.4 is 0 Å². The van der Waals surface area contributed by atoms with Gasteiger partial charge in [0, 0.05) is 0 Å². The number of rotatable bonds is 12. The first-order valence-corrected chi connectivity index (χ1v) is 13.2. The van der Waals surface area contributed by atoms with Crippen molar-refractivity contribution < 1.29 is 39.0 Å². The minimum atomic E-state index is -2.07. The molecule has 3 N–H and O–H groups in total. The average molecular weight is 537 g/mol. The van der Waals surface area contributed by atoms with Gasteiger partial charge in [-0.1, -0.05) is 91.0 Å². The second kappa shape index (κ2) is 11.8. The zero-order valence-electron chi connectivity index (χ0n) is 22.0.